The summed E-state index contributed by atoms with van der Waals surface area (Å²) in [7, 11) is 0. The van der Waals surface area contributed by atoms with Crippen molar-refractivity contribution in [2.24, 2.45) is 0 Å². The maximum Gasteiger partial charge on any atom is 0.342 e. The van der Waals surface area contributed by atoms with Crippen LogP contribution in [0.1, 0.15) is 19.8 Å². The number of rotatable bonds is 9. The molecule has 0 fully saturated rings. The second-order valence-electron chi connectivity index (χ2n) is 4.68. The van der Waals surface area contributed by atoms with Crippen molar-refractivity contribution in [3.05, 3.63) is 0 Å². The van der Waals surface area contributed by atoms with Gasteiger partial charge >= 0.3 is 23.9 Å². The molecule has 0 aliphatic rings. The molecular formula is C12H18O11. The van der Waals surface area contributed by atoms with Crippen LogP contribution in [-0.2, 0) is 28.7 Å². The fourth-order valence-corrected chi connectivity index (χ4v) is 1.22. The van der Waals surface area contributed by atoms with Crippen LogP contribution in [0.25, 0.3) is 0 Å². The molecule has 0 saturated carbocycles. The molecule has 0 aliphatic carbocycles. The topological polar surface area (TPSA) is 188 Å². The van der Waals surface area contributed by atoms with Gasteiger partial charge in [-0.3, -0.25) is 9.59 Å². The summed E-state index contributed by atoms with van der Waals surface area (Å²) in [6, 6.07) is 0. The van der Waals surface area contributed by atoms with Gasteiger partial charge in [0.05, 0.1) is 19.4 Å². The number of carboxylic acid groups (broad SMARTS) is 1. The van der Waals surface area contributed by atoms with Crippen molar-refractivity contribution in [3.63, 3.8) is 0 Å². The molecule has 0 heterocycles. The van der Waals surface area contributed by atoms with Crippen LogP contribution in [0.15, 0.2) is 0 Å². The van der Waals surface area contributed by atoms with Crippen molar-refractivity contribution in [3.8, 4) is 0 Å². The van der Waals surface area contributed by atoms with E-state index in [1.807, 2.05) is 0 Å². The first kappa shape index (κ1) is 20.9. The fourth-order valence-electron chi connectivity index (χ4n) is 1.22. The Kier molecular flexibility index (Phi) is 8.32. The van der Waals surface area contributed by atoms with E-state index in [-0.39, 0.29) is 0 Å². The number of hydrogen-bond donors (Lipinski definition) is 5. The predicted molar refractivity (Wildman–Crippen MR) is 68.7 cm³/mol. The quantitative estimate of drug-likeness (QED) is 0.212. The number of carbonyl (C=O) groups is 4. The van der Waals surface area contributed by atoms with E-state index in [2.05, 4.69) is 9.47 Å². The molecule has 0 rings (SSSR count). The second-order valence-corrected chi connectivity index (χ2v) is 4.68. The Labute approximate surface area is 130 Å². The lowest BCUT2D eigenvalue weighted by molar-refractivity contribution is -0.178. The SMILES string of the molecule is CC(O)C(=O)OC(=O)CC(O)(CC(=O)OCC(O)CO)C(=O)O. The van der Waals surface area contributed by atoms with Gasteiger partial charge in [0.15, 0.2) is 5.60 Å². The van der Waals surface area contributed by atoms with Crippen LogP contribution in [0.2, 0.25) is 0 Å². The van der Waals surface area contributed by atoms with Crippen molar-refractivity contribution in [2.45, 2.75) is 37.6 Å². The minimum atomic E-state index is -2.91. The maximum absolute atomic E-state index is 11.4. The predicted octanol–water partition coefficient (Wildman–Crippen LogP) is -3.07. The molecule has 3 unspecified atom stereocenters. The van der Waals surface area contributed by atoms with Crippen LogP contribution in [0.5, 0.6) is 0 Å². The van der Waals surface area contributed by atoms with Crippen LogP contribution in [0.4, 0.5) is 0 Å². The summed E-state index contributed by atoms with van der Waals surface area (Å²) in [6.07, 6.45) is -5.44. The van der Waals surface area contributed by atoms with Gasteiger partial charge in [-0.05, 0) is 6.92 Å². The van der Waals surface area contributed by atoms with Crippen molar-refractivity contribution >= 4 is 23.9 Å². The van der Waals surface area contributed by atoms with Gasteiger partial charge in [-0.1, -0.05) is 0 Å². The first-order chi connectivity index (χ1) is 10.5. The lowest BCUT2D eigenvalue weighted by Gasteiger charge is -2.21. The van der Waals surface area contributed by atoms with Gasteiger partial charge in [-0.2, -0.15) is 0 Å². The molecule has 11 nitrogen and oxygen atoms in total. The van der Waals surface area contributed by atoms with Gasteiger partial charge in [0, 0.05) is 0 Å². The van der Waals surface area contributed by atoms with E-state index in [0.717, 1.165) is 6.92 Å². The molecule has 11 heteroatoms. The van der Waals surface area contributed by atoms with Crippen LogP contribution in [-0.4, -0.2) is 80.4 Å². The van der Waals surface area contributed by atoms with Gasteiger partial charge in [0.25, 0.3) is 0 Å². The van der Waals surface area contributed by atoms with E-state index in [0.29, 0.717) is 0 Å². The average molecular weight is 338 g/mol. The monoisotopic (exact) mass is 338 g/mol. The third-order valence-corrected chi connectivity index (χ3v) is 2.47. The highest BCUT2D eigenvalue weighted by Gasteiger charge is 2.42. The Hall–Kier alpha value is -2.08. The lowest BCUT2D eigenvalue weighted by Crippen LogP contribution is -2.44. The van der Waals surface area contributed by atoms with Crippen molar-refractivity contribution in [2.75, 3.05) is 13.2 Å². The van der Waals surface area contributed by atoms with Gasteiger partial charge < -0.3 is 35.0 Å². The molecule has 0 aromatic heterocycles. The van der Waals surface area contributed by atoms with Gasteiger partial charge in [-0.25, -0.2) is 9.59 Å². The van der Waals surface area contributed by atoms with Crippen LogP contribution in [0.3, 0.4) is 0 Å². The molecule has 23 heavy (non-hydrogen) atoms. The molecule has 0 bridgehead atoms. The standard InChI is InChI=1S/C12H18O11/c1-6(14)10(18)23-9(17)3-12(21,11(19)20)2-8(16)22-5-7(15)4-13/h6-7,13-15,21H,2-5H2,1H3,(H,19,20). The number of aliphatic hydroxyl groups excluding tert-OH is 3. The molecule has 3 atom stereocenters. The van der Waals surface area contributed by atoms with Gasteiger partial charge in [-0.15, -0.1) is 0 Å². The van der Waals surface area contributed by atoms with Crippen LogP contribution in [0, 0.1) is 0 Å². The summed E-state index contributed by atoms with van der Waals surface area (Å²) in [4.78, 5) is 44.8. The summed E-state index contributed by atoms with van der Waals surface area (Å²) in [5.41, 5.74) is -2.91. The van der Waals surface area contributed by atoms with E-state index >= 15 is 0 Å². The van der Waals surface area contributed by atoms with Crippen molar-refractivity contribution in [1.82, 2.24) is 0 Å². The number of carboxylic acids is 1. The molecule has 132 valence electrons. The Balaban J connectivity index is 4.73. The zero-order valence-electron chi connectivity index (χ0n) is 12.2. The lowest BCUT2D eigenvalue weighted by atomic mass is 9.96. The Morgan fingerprint density at radius 2 is 1.61 bits per heavy atom. The molecule has 0 amide bonds. The van der Waals surface area contributed by atoms with Crippen LogP contribution < -0.4 is 0 Å². The molecule has 0 radical (unpaired) electrons. The van der Waals surface area contributed by atoms with E-state index in [4.69, 9.17) is 20.4 Å². The van der Waals surface area contributed by atoms with E-state index in [1.165, 1.54) is 0 Å². The highest BCUT2D eigenvalue weighted by molar-refractivity contribution is 5.93. The van der Waals surface area contributed by atoms with Crippen molar-refractivity contribution < 1.29 is 54.2 Å². The highest BCUT2D eigenvalue weighted by Crippen LogP contribution is 2.18. The number of carbonyl (C=O) groups excluding carboxylic acids is 3. The van der Waals surface area contributed by atoms with E-state index < -0.39 is 67.7 Å². The zero-order chi connectivity index (χ0) is 18.2. The van der Waals surface area contributed by atoms with Gasteiger partial charge in [0.1, 0.15) is 18.8 Å². The number of ether oxygens (including phenoxy) is 2. The number of esters is 3. The summed E-state index contributed by atoms with van der Waals surface area (Å²) in [6.45, 7) is -0.344. The smallest absolute Gasteiger partial charge is 0.342 e. The second kappa shape index (κ2) is 9.15. The minimum Gasteiger partial charge on any atom is -0.479 e. The minimum absolute atomic E-state index is 0.643. The molecule has 0 aliphatic heterocycles. The summed E-state index contributed by atoms with van der Waals surface area (Å²) in [5, 5.41) is 45.1. The van der Waals surface area contributed by atoms with Crippen LogP contribution >= 0.6 is 0 Å². The van der Waals surface area contributed by atoms with Gasteiger partial charge in [0.2, 0.25) is 0 Å². The third-order valence-electron chi connectivity index (χ3n) is 2.47. The summed E-state index contributed by atoms with van der Waals surface area (Å²) in [5.74, 6) is -6.03. The Bertz CT molecular complexity index is 458. The molecule has 0 aromatic rings. The molecule has 5 N–H and O–H groups in total. The summed E-state index contributed by atoms with van der Waals surface area (Å²) >= 11 is 0. The largest absolute Gasteiger partial charge is 0.479 e. The fraction of sp³-hybridized carbons (Fsp3) is 0.667. The van der Waals surface area contributed by atoms with E-state index in [1.54, 1.807) is 0 Å². The highest BCUT2D eigenvalue weighted by atomic mass is 16.6. The Morgan fingerprint density at radius 1 is 1.09 bits per heavy atom. The molecule has 0 saturated heterocycles. The van der Waals surface area contributed by atoms with E-state index in [9.17, 15) is 24.3 Å². The number of aliphatic hydroxyl groups is 4. The molecule has 0 aromatic carbocycles. The zero-order valence-corrected chi connectivity index (χ0v) is 12.2. The van der Waals surface area contributed by atoms with Crippen molar-refractivity contribution in [1.29, 1.82) is 0 Å². The first-order valence-corrected chi connectivity index (χ1v) is 6.34. The number of aliphatic carboxylic acids is 1. The first-order valence-electron chi connectivity index (χ1n) is 6.34. The third kappa shape index (κ3) is 7.65. The summed E-state index contributed by atoms with van der Waals surface area (Å²) < 4.78 is 8.49. The molecule has 0 spiro atoms. The Morgan fingerprint density at radius 3 is 2.04 bits per heavy atom. The number of hydrogen-bond acceptors (Lipinski definition) is 10. The maximum atomic E-state index is 11.4. The molecular weight excluding hydrogens is 320 g/mol. The average Bonchev–Trinajstić information content (AvgIpc) is 2.43. The normalized spacial score (nSPS) is 15.9.